The van der Waals surface area contributed by atoms with E-state index in [0.717, 1.165) is 38.2 Å². The zero-order valence-corrected chi connectivity index (χ0v) is 18.1. The van der Waals surface area contributed by atoms with Crippen LogP contribution < -0.4 is 10.6 Å². The fraction of sp³-hybridized carbons (Fsp3) is 0.480. The first-order chi connectivity index (χ1) is 14.1. The second-order valence-corrected chi connectivity index (χ2v) is 8.94. The van der Waals surface area contributed by atoms with Gasteiger partial charge < -0.3 is 15.5 Å². The smallest absolute Gasteiger partial charge is 0.127 e. The summed E-state index contributed by atoms with van der Waals surface area (Å²) in [6.45, 7) is 3.91. The van der Waals surface area contributed by atoms with Gasteiger partial charge in [-0.2, -0.15) is 0 Å². The predicted octanol–water partition coefficient (Wildman–Crippen LogP) is 5.24. The lowest BCUT2D eigenvalue weighted by Gasteiger charge is -2.44. The van der Waals surface area contributed by atoms with Gasteiger partial charge >= 0.3 is 0 Å². The van der Waals surface area contributed by atoms with Gasteiger partial charge in [-0.25, -0.2) is 0 Å². The Kier molecular flexibility index (Phi) is 5.91. The van der Waals surface area contributed by atoms with Gasteiger partial charge in [0.1, 0.15) is 5.84 Å². The molecule has 0 atom stereocenters. The van der Waals surface area contributed by atoms with Crippen LogP contribution in [0.3, 0.4) is 0 Å². The minimum Gasteiger partial charge on any atom is -0.371 e. The Hall–Kier alpha value is -2.33. The minimum atomic E-state index is -0.0464. The molecule has 2 aromatic carbocycles. The van der Waals surface area contributed by atoms with Crippen LogP contribution in [0.15, 0.2) is 47.5 Å². The van der Waals surface area contributed by atoms with Crippen LogP contribution in [0.2, 0.25) is 0 Å². The highest BCUT2D eigenvalue weighted by Gasteiger charge is 2.41. The van der Waals surface area contributed by atoms with Crippen molar-refractivity contribution in [2.24, 2.45) is 4.99 Å². The molecule has 0 saturated heterocycles. The Morgan fingerprint density at radius 1 is 1.03 bits per heavy atom. The first kappa shape index (κ1) is 20.0. The summed E-state index contributed by atoms with van der Waals surface area (Å²) in [7, 11) is 4.26. The number of aliphatic imine (C=N–C) groups is 1. The number of amidine groups is 1. The summed E-state index contributed by atoms with van der Waals surface area (Å²) >= 11 is 0. The molecule has 1 heterocycles. The number of nitrogens with one attached hydrogen (secondary N) is 2. The van der Waals surface area contributed by atoms with Crippen molar-refractivity contribution in [2.45, 2.75) is 57.5 Å². The molecule has 4 heteroatoms. The molecule has 0 bridgehead atoms. The summed E-state index contributed by atoms with van der Waals surface area (Å²) < 4.78 is 0. The maximum atomic E-state index is 5.14. The molecule has 29 heavy (non-hydrogen) atoms. The minimum absolute atomic E-state index is 0.0464. The average molecular weight is 391 g/mol. The Morgan fingerprint density at radius 2 is 1.83 bits per heavy atom. The van der Waals surface area contributed by atoms with Gasteiger partial charge in [-0.05, 0) is 57.5 Å². The Labute approximate surface area is 175 Å². The molecule has 2 N–H and O–H groups in total. The highest BCUT2D eigenvalue weighted by molar-refractivity contribution is 6.10. The highest BCUT2D eigenvalue weighted by Crippen LogP contribution is 2.41. The van der Waals surface area contributed by atoms with Gasteiger partial charge in [0.25, 0.3) is 0 Å². The number of hydrogen-bond donors (Lipinski definition) is 2. The van der Waals surface area contributed by atoms with E-state index in [9.17, 15) is 0 Å². The van der Waals surface area contributed by atoms with Crippen LogP contribution in [0.5, 0.6) is 0 Å². The fourth-order valence-corrected chi connectivity index (χ4v) is 4.65. The second kappa shape index (κ2) is 8.58. The summed E-state index contributed by atoms with van der Waals surface area (Å²) in [5.41, 5.74) is 6.33. The monoisotopic (exact) mass is 390 g/mol. The van der Waals surface area contributed by atoms with Gasteiger partial charge in [0.05, 0.1) is 23.5 Å². The van der Waals surface area contributed by atoms with Gasteiger partial charge in [-0.15, -0.1) is 0 Å². The summed E-state index contributed by atoms with van der Waals surface area (Å²) in [5.74, 6) is 1.13. The van der Waals surface area contributed by atoms with Crippen LogP contribution in [0.4, 0.5) is 11.4 Å². The van der Waals surface area contributed by atoms with Gasteiger partial charge in [-0.3, -0.25) is 4.99 Å². The molecule has 4 rings (SSSR count). The molecule has 0 radical (unpaired) electrons. The lowest BCUT2D eigenvalue weighted by atomic mass is 9.78. The third kappa shape index (κ3) is 4.48. The van der Waals surface area contributed by atoms with Crippen molar-refractivity contribution >= 4 is 17.2 Å². The van der Waals surface area contributed by atoms with E-state index >= 15 is 0 Å². The highest BCUT2D eigenvalue weighted by atomic mass is 15.2. The van der Waals surface area contributed by atoms with Crippen LogP contribution in [0, 0.1) is 6.92 Å². The second-order valence-electron chi connectivity index (χ2n) is 8.94. The molecule has 2 aliphatic rings. The Bertz CT molecular complexity index is 878. The first-order valence-electron chi connectivity index (χ1n) is 11.0. The van der Waals surface area contributed by atoms with Crippen molar-refractivity contribution in [3.63, 3.8) is 0 Å². The molecule has 4 nitrogen and oxygen atoms in total. The molecule has 0 unspecified atom stereocenters. The molecular formula is C25H34N4. The van der Waals surface area contributed by atoms with Gasteiger partial charge in [0.15, 0.2) is 0 Å². The number of nitrogens with zero attached hydrogens (tertiary/aromatic N) is 2. The maximum absolute atomic E-state index is 5.14. The van der Waals surface area contributed by atoms with Crippen molar-refractivity contribution in [3.8, 4) is 0 Å². The van der Waals surface area contributed by atoms with E-state index in [4.69, 9.17) is 4.99 Å². The third-order valence-electron chi connectivity index (χ3n) is 6.26. The van der Waals surface area contributed by atoms with Gasteiger partial charge in [-0.1, -0.05) is 61.2 Å². The molecule has 1 spiro atoms. The van der Waals surface area contributed by atoms with E-state index in [-0.39, 0.29) is 5.54 Å². The largest absolute Gasteiger partial charge is 0.371 e. The van der Waals surface area contributed by atoms with Crippen LogP contribution in [-0.2, 0) is 13.0 Å². The number of likely N-dealkylation sites (N-methyl/N-ethyl adjacent to an activating group) is 1. The topological polar surface area (TPSA) is 39.7 Å². The zero-order chi connectivity index (χ0) is 20.3. The number of hydrogen-bond acceptors (Lipinski definition) is 3. The van der Waals surface area contributed by atoms with E-state index in [0.29, 0.717) is 0 Å². The summed E-state index contributed by atoms with van der Waals surface area (Å²) in [6.07, 6.45) is 7.16. The number of anilines is 2. The molecule has 1 aliphatic heterocycles. The average Bonchev–Trinajstić information content (AvgIpc) is 2.71. The van der Waals surface area contributed by atoms with Crippen molar-refractivity contribution in [1.29, 1.82) is 0 Å². The summed E-state index contributed by atoms with van der Waals surface area (Å²) in [4.78, 5) is 7.38. The van der Waals surface area contributed by atoms with Crippen LogP contribution in [0.1, 0.15) is 48.8 Å². The lowest BCUT2D eigenvalue weighted by Crippen LogP contribution is -2.54. The first-order valence-corrected chi connectivity index (χ1v) is 11.0. The van der Waals surface area contributed by atoms with E-state index in [2.05, 4.69) is 79.0 Å². The molecule has 154 valence electrons. The van der Waals surface area contributed by atoms with E-state index in [1.165, 1.54) is 47.3 Å². The lowest BCUT2D eigenvalue weighted by molar-refractivity contribution is 0.402. The van der Waals surface area contributed by atoms with Crippen LogP contribution in [0.25, 0.3) is 0 Å². The molecule has 1 aliphatic carbocycles. The zero-order valence-electron chi connectivity index (χ0n) is 18.1. The van der Waals surface area contributed by atoms with E-state index in [1.54, 1.807) is 0 Å². The molecule has 0 amide bonds. The quantitative estimate of drug-likeness (QED) is 0.733. The number of aryl methyl sites for hydroxylation is 1. The fourth-order valence-electron chi connectivity index (χ4n) is 4.65. The number of benzene rings is 2. The van der Waals surface area contributed by atoms with Gasteiger partial charge in [0.2, 0.25) is 0 Å². The maximum Gasteiger partial charge on any atom is 0.127 e. The number of fused-ring (bicyclic) bond motifs is 1. The summed E-state index contributed by atoms with van der Waals surface area (Å²) in [5, 5.41) is 7.73. The molecular weight excluding hydrogens is 356 g/mol. The Balaban J connectivity index is 1.66. The van der Waals surface area contributed by atoms with E-state index < -0.39 is 0 Å². The van der Waals surface area contributed by atoms with E-state index in [1.807, 2.05) is 0 Å². The van der Waals surface area contributed by atoms with Crippen molar-refractivity contribution in [3.05, 3.63) is 59.2 Å². The van der Waals surface area contributed by atoms with Gasteiger partial charge in [0, 0.05) is 6.54 Å². The predicted molar refractivity (Wildman–Crippen MR) is 124 cm³/mol. The van der Waals surface area contributed by atoms with Crippen molar-refractivity contribution in [1.82, 2.24) is 4.90 Å². The normalized spacial score (nSPS) is 19.1. The Morgan fingerprint density at radius 3 is 2.59 bits per heavy atom. The molecule has 1 fully saturated rings. The van der Waals surface area contributed by atoms with Crippen molar-refractivity contribution < 1.29 is 0 Å². The molecule has 1 saturated carbocycles. The molecule has 0 aromatic heterocycles. The molecule has 2 aromatic rings. The van der Waals surface area contributed by atoms with Crippen molar-refractivity contribution in [2.75, 3.05) is 31.3 Å². The SMILES string of the molecule is Cc1cccc(CN=C2Nc3c(CCN(C)C)cccc3NC23CCCCC3)c1. The standard InChI is InChI=1S/C25H34N4/c1-19-9-7-10-20(17-19)18-26-24-25(14-5-4-6-15-25)28-22-12-8-11-21(23(22)27-24)13-16-29(2)3/h7-12,17,28H,4-6,13-16,18H2,1-3H3,(H,26,27). The summed E-state index contributed by atoms with van der Waals surface area (Å²) in [6, 6.07) is 15.3. The van der Waals surface area contributed by atoms with Crippen LogP contribution in [-0.4, -0.2) is 36.9 Å². The number of rotatable bonds is 5. The third-order valence-corrected chi connectivity index (χ3v) is 6.26. The number of para-hydroxylation sites is 1. The van der Waals surface area contributed by atoms with Crippen LogP contribution >= 0.6 is 0 Å².